The molecule has 3 rings (SSSR count). The van der Waals surface area contributed by atoms with Crippen molar-refractivity contribution < 1.29 is 13.9 Å². The first kappa shape index (κ1) is 15.3. The van der Waals surface area contributed by atoms with Crippen LogP contribution in [0.1, 0.15) is 12.8 Å². The third-order valence-corrected chi connectivity index (χ3v) is 3.62. The molecule has 1 aliphatic rings. The van der Waals surface area contributed by atoms with Gasteiger partial charge in [0.25, 0.3) is 5.56 Å². The van der Waals surface area contributed by atoms with Crippen LogP contribution in [0.25, 0.3) is 11.5 Å². The summed E-state index contributed by atoms with van der Waals surface area (Å²) < 4.78 is 11.7. The fourth-order valence-corrected chi connectivity index (χ4v) is 2.44. The molecule has 0 aromatic carbocycles. The van der Waals surface area contributed by atoms with E-state index in [1.807, 2.05) is 0 Å². The topological polar surface area (TPSA) is 112 Å². The molecular formula is C15H18N4O4. The van der Waals surface area contributed by atoms with E-state index in [9.17, 15) is 9.59 Å². The highest BCUT2D eigenvalue weighted by molar-refractivity contribution is 5.75. The number of carbonyl (C=O) groups excluding carboxylic acids is 1. The lowest BCUT2D eigenvalue weighted by molar-refractivity contribution is -0.122. The highest BCUT2D eigenvalue weighted by Gasteiger charge is 2.17. The average Bonchev–Trinajstić information content (AvgIpc) is 3.22. The van der Waals surface area contributed by atoms with Crippen molar-refractivity contribution in [3.63, 3.8) is 0 Å². The smallest absolute Gasteiger partial charge is 0.290 e. The summed E-state index contributed by atoms with van der Waals surface area (Å²) in [6.45, 7) is 0.953. The number of amides is 1. The molecule has 1 fully saturated rings. The van der Waals surface area contributed by atoms with Crippen molar-refractivity contribution in [3.05, 3.63) is 34.8 Å². The normalized spacial score (nSPS) is 17.3. The van der Waals surface area contributed by atoms with Gasteiger partial charge in [-0.3, -0.25) is 9.59 Å². The highest BCUT2D eigenvalue weighted by Crippen LogP contribution is 2.17. The zero-order valence-corrected chi connectivity index (χ0v) is 12.5. The van der Waals surface area contributed by atoms with Crippen LogP contribution in [0.15, 0.2) is 33.7 Å². The Morgan fingerprint density at radius 2 is 2.39 bits per heavy atom. The number of furan rings is 1. The maximum atomic E-state index is 12.0. The summed E-state index contributed by atoms with van der Waals surface area (Å²) in [5.74, 6) is 0.163. The maximum Gasteiger partial charge on any atom is 0.290 e. The van der Waals surface area contributed by atoms with Crippen molar-refractivity contribution in [1.82, 2.24) is 15.1 Å². The Kier molecular flexibility index (Phi) is 4.42. The van der Waals surface area contributed by atoms with Crippen LogP contribution < -0.4 is 16.6 Å². The number of nitrogens with zero attached hydrogens (tertiary/aromatic N) is 2. The molecule has 0 bridgehead atoms. The third kappa shape index (κ3) is 3.59. The Hall–Kier alpha value is -2.61. The van der Waals surface area contributed by atoms with Crippen LogP contribution >= 0.6 is 0 Å². The number of anilines is 1. The molecule has 1 amide bonds. The lowest BCUT2D eigenvalue weighted by Gasteiger charge is -2.11. The van der Waals surface area contributed by atoms with Gasteiger partial charge in [-0.1, -0.05) is 0 Å². The van der Waals surface area contributed by atoms with Crippen molar-refractivity contribution in [2.45, 2.75) is 25.5 Å². The molecule has 122 valence electrons. The van der Waals surface area contributed by atoms with Gasteiger partial charge in [-0.2, -0.15) is 5.10 Å². The first-order valence-corrected chi connectivity index (χ1v) is 7.43. The van der Waals surface area contributed by atoms with Gasteiger partial charge < -0.3 is 20.2 Å². The number of hydrogen-bond acceptors (Lipinski definition) is 6. The Morgan fingerprint density at radius 3 is 3.09 bits per heavy atom. The molecule has 23 heavy (non-hydrogen) atoms. The van der Waals surface area contributed by atoms with Gasteiger partial charge in [0.2, 0.25) is 5.91 Å². The molecule has 0 aliphatic carbocycles. The van der Waals surface area contributed by atoms with Gasteiger partial charge in [-0.05, 0) is 31.0 Å². The van der Waals surface area contributed by atoms with Crippen LogP contribution in [0.5, 0.6) is 0 Å². The van der Waals surface area contributed by atoms with Crippen LogP contribution in [0, 0.1) is 0 Å². The molecular weight excluding hydrogens is 300 g/mol. The number of nitrogens with two attached hydrogens (primary N) is 1. The van der Waals surface area contributed by atoms with Gasteiger partial charge >= 0.3 is 0 Å². The number of hydrogen-bond donors (Lipinski definition) is 2. The summed E-state index contributed by atoms with van der Waals surface area (Å²) in [6.07, 6.45) is 3.47. The number of carbonyl (C=O) groups is 1. The van der Waals surface area contributed by atoms with Crippen molar-refractivity contribution in [2.24, 2.45) is 0 Å². The lowest BCUT2D eigenvalue weighted by Crippen LogP contribution is -2.37. The molecule has 1 saturated heterocycles. The molecule has 1 aliphatic heterocycles. The first-order chi connectivity index (χ1) is 11.1. The summed E-state index contributed by atoms with van der Waals surface area (Å²) in [5.41, 5.74) is 5.62. The number of ether oxygens (including phenoxy) is 1. The van der Waals surface area contributed by atoms with Gasteiger partial charge in [0, 0.05) is 13.2 Å². The van der Waals surface area contributed by atoms with Crippen LogP contribution in [-0.2, 0) is 16.1 Å². The predicted molar refractivity (Wildman–Crippen MR) is 82.6 cm³/mol. The second kappa shape index (κ2) is 6.66. The number of nitrogen functional groups attached to an aromatic ring is 1. The average molecular weight is 318 g/mol. The Balaban J connectivity index is 1.71. The molecule has 8 heteroatoms. The van der Waals surface area contributed by atoms with Gasteiger partial charge in [0.1, 0.15) is 17.9 Å². The van der Waals surface area contributed by atoms with E-state index in [1.165, 1.54) is 12.3 Å². The lowest BCUT2D eigenvalue weighted by atomic mass is 10.2. The molecule has 3 N–H and O–H groups in total. The van der Waals surface area contributed by atoms with E-state index in [0.29, 0.717) is 18.0 Å². The molecule has 2 aromatic rings. The largest absolute Gasteiger partial charge is 0.463 e. The van der Waals surface area contributed by atoms with Gasteiger partial charge in [-0.15, -0.1) is 0 Å². The summed E-state index contributed by atoms with van der Waals surface area (Å²) >= 11 is 0. The number of rotatable bonds is 5. The van der Waals surface area contributed by atoms with Crippen molar-refractivity contribution in [1.29, 1.82) is 0 Å². The molecule has 0 unspecified atom stereocenters. The van der Waals surface area contributed by atoms with E-state index < -0.39 is 5.56 Å². The summed E-state index contributed by atoms with van der Waals surface area (Å²) in [5, 5.41) is 6.88. The van der Waals surface area contributed by atoms with Crippen LogP contribution in [0.3, 0.4) is 0 Å². The SMILES string of the molecule is Nc1cc(-c2ccco2)nn(CC(=O)NC[C@H]2CCCO2)c1=O. The molecule has 8 nitrogen and oxygen atoms in total. The monoisotopic (exact) mass is 318 g/mol. The molecule has 0 spiro atoms. The standard InChI is InChI=1S/C15H18N4O4/c16-11-7-12(13-4-2-6-23-13)18-19(15(11)21)9-14(20)17-8-10-3-1-5-22-10/h2,4,6-7,10H,1,3,5,8-9,16H2,(H,17,20)/t10-/m1/s1. The highest BCUT2D eigenvalue weighted by atomic mass is 16.5. The van der Waals surface area contributed by atoms with Gasteiger partial charge in [-0.25, -0.2) is 4.68 Å². The van der Waals surface area contributed by atoms with E-state index >= 15 is 0 Å². The minimum absolute atomic E-state index is 0.0123. The maximum absolute atomic E-state index is 12.0. The Morgan fingerprint density at radius 1 is 1.52 bits per heavy atom. The second-order valence-electron chi connectivity index (χ2n) is 5.36. The molecule has 2 aromatic heterocycles. The van der Waals surface area contributed by atoms with Crippen molar-refractivity contribution in [2.75, 3.05) is 18.9 Å². The summed E-state index contributed by atoms with van der Waals surface area (Å²) in [6, 6.07) is 4.84. The van der Waals surface area contributed by atoms with Crippen LogP contribution in [-0.4, -0.2) is 34.9 Å². The van der Waals surface area contributed by atoms with Crippen LogP contribution in [0.4, 0.5) is 5.69 Å². The van der Waals surface area contributed by atoms with E-state index in [2.05, 4.69) is 10.4 Å². The van der Waals surface area contributed by atoms with Crippen LogP contribution in [0.2, 0.25) is 0 Å². The first-order valence-electron chi connectivity index (χ1n) is 7.43. The molecule has 1 atom stereocenters. The predicted octanol–water partition coefficient (Wildman–Crippen LogP) is 0.381. The quantitative estimate of drug-likeness (QED) is 0.824. The Bertz CT molecular complexity index is 732. The number of aromatic nitrogens is 2. The van der Waals surface area contributed by atoms with E-state index in [0.717, 1.165) is 24.1 Å². The van der Waals surface area contributed by atoms with E-state index in [-0.39, 0.29) is 24.2 Å². The van der Waals surface area contributed by atoms with Gasteiger partial charge in [0.05, 0.1) is 12.4 Å². The second-order valence-corrected chi connectivity index (χ2v) is 5.36. The van der Waals surface area contributed by atoms with E-state index in [1.54, 1.807) is 12.1 Å². The molecule has 0 radical (unpaired) electrons. The third-order valence-electron chi connectivity index (χ3n) is 3.62. The van der Waals surface area contributed by atoms with Gasteiger partial charge in [0.15, 0.2) is 5.76 Å². The Labute approximate surface area is 132 Å². The fourth-order valence-electron chi connectivity index (χ4n) is 2.44. The minimum Gasteiger partial charge on any atom is -0.463 e. The van der Waals surface area contributed by atoms with Crippen molar-refractivity contribution in [3.8, 4) is 11.5 Å². The zero-order valence-electron chi connectivity index (χ0n) is 12.5. The van der Waals surface area contributed by atoms with Crippen molar-refractivity contribution >= 4 is 11.6 Å². The summed E-state index contributed by atoms with van der Waals surface area (Å²) in [7, 11) is 0. The molecule has 0 saturated carbocycles. The fraction of sp³-hybridized carbons (Fsp3) is 0.400. The van der Waals surface area contributed by atoms with E-state index in [4.69, 9.17) is 14.9 Å². The summed E-state index contributed by atoms with van der Waals surface area (Å²) in [4.78, 5) is 24.0. The molecule has 3 heterocycles. The minimum atomic E-state index is -0.507. The zero-order chi connectivity index (χ0) is 16.2. The number of nitrogens with one attached hydrogen (secondary N) is 1.